The molecule has 0 saturated heterocycles. The molecule has 2 nitrogen and oxygen atoms in total. The molecule has 0 saturated carbocycles. The van der Waals surface area contributed by atoms with E-state index in [4.69, 9.17) is 0 Å². The van der Waals surface area contributed by atoms with E-state index in [-0.39, 0.29) is 0 Å². The van der Waals surface area contributed by atoms with Gasteiger partial charge in [-0.2, -0.15) is 5.26 Å². The van der Waals surface area contributed by atoms with E-state index < -0.39 is 0 Å². The van der Waals surface area contributed by atoms with Crippen molar-refractivity contribution in [3.63, 3.8) is 0 Å². The van der Waals surface area contributed by atoms with Crippen molar-refractivity contribution in [3.8, 4) is 6.07 Å². The zero-order chi connectivity index (χ0) is 14.1. The number of thioether (sulfide) groups is 1. The molecule has 19 heavy (non-hydrogen) atoms. The molecule has 104 valence electrons. The Morgan fingerprint density at radius 1 is 1.32 bits per heavy atom. The summed E-state index contributed by atoms with van der Waals surface area (Å²) in [7, 11) is 0. The summed E-state index contributed by atoms with van der Waals surface area (Å²) < 4.78 is 0. The third kappa shape index (κ3) is 5.16. The first-order valence-electron chi connectivity index (χ1n) is 7.06. The maximum Gasteiger partial charge on any atom is 0.102 e. The van der Waals surface area contributed by atoms with Crippen LogP contribution in [0, 0.1) is 11.3 Å². The van der Waals surface area contributed by atoms with Gasteiger partial charge >= 0.3 is 0 Å². The van der Waals surface area contributed by atoms with Gasteiger partial charge in [0.15, 0.2) is 0 Å². The molecular weight excluding hydrogens is 252 g/mol. The van der Waals surface area contributed by atoms with Crippen LogP contribution < -0.4 is 5.32 Å². The van der Waals surface area contributed by atoms with Gasteiger partial charge in [0.1, 0.15) is 6.07 Å². The monoisotopic (exact) mass is 276 g/mol. The number of hydrogen-bond acceptors (Lipinski definition) is 3. The van der Waals surface area contributed by atoms with Crippen molar-refractivity contribution in [1.29, 1.82) is 5.26 Å². The van der Waals surface area contributed by atoms with Gasteiger partial charge in [0.25, 0.3) is 0 Å². The van der Waals surface area contributed by atoms with E-state index in [1.165, 1.54) is 25.7 Å². The quantitative estimate of drug-likeness (QED) is 0.533. The van der Waals surface area contributed by atoms with Gasteiger partial charge in [-0.1, -0.05) is 38.7 Å². The summed E-state index contributed by atoms with van der Waals surface area (Å²) in [5, 5.41) is 12.8. The minimum atomic E-state index is 0.418. The van der Waals surface area contributed by atoms with Gasteiger partial charge in [-0.3, -0.25) is 0 Å². The topological polar surface area (TPSA) is 35.8 Å². The Morgan fingerprint density at radius 2 is 2.11 bits per heavy atom. The first kappa shape index (κ1) is 15.9. The van der Waals surface area contributed by atoms with Crippen molar-refractivity contribution in [2.24, 2.45) is 0 Å². The highest BCUT2D eigenvalue weighted by Gasteiger charge is 2.09. The van der Waals surface area contributed by atoms with E-state index in [9.17, 15) is 5.26 Å². The zero-order valence-corrected chi connectivity index (χ0v) is 13.0. The third-order valence-electron chi connectivity index (χ3n) is 3.25. The molecule has 0 radical (unpaired) electrons. The fourth-order valence-corrected chi connectivity index (χ4v) is 2.73. The standard InChI is InChI=1S/C16H24N2S/c1-4-5-6-7-9-13(2)18-15-10-8-11-16(19-3)14(15)12-17/h8,10-11,13,18H,4-7,9H2,1-3H3. The normalized spacial score (nSPS) is 11.9. The van der Waals surface area contributed by atoms with E-state index >= 15 is 0 Å². The molecule has 3 heteroatoms. The molecule has 1 N–H and O–H groups in total. The lowest BCUT2D eigenvalue weighted by Crippen LogP contribution is -2.15. The van der Waals surface area contributed by atoms with Crippen LogP contribution in [-0.2, 0) is 0 Å². The lowest BCUT2D eigenvalue weighted by atomic mass is 10.1. The van der Waals surface area contributed by atoms with Crippen LogP contribution in [0.4, 0.5) is 5.69 Å². The van der Waals surface area contributed by atoms with Crippen LogP contribution in [0.15, 0.2) is 23.1 Å². The molecule has 1 rings (SSSR count). The Kier molecular flexibility index (Phi) is 7.43. The average molecular weight is 276 g/mol. The molecule has 0 aromatic heterocycles. The summed E-state index contributed by atoms with van der Waals surface area (Å²) in [4.78, 5) is 1.05. The van der Waals surface area contributed by atoms with E-state index in [2.05, 4.69) is 25.2 Å². The molecule has 0 heterocycles. The molecule has 0 aliphatic carbocycles. The number of nitrogens with one attached hydrogen (secondary N) is 1. The van der Waals surface area contributed by atoms with Crippen molar-refractivity contribution in [1.82, 2.24) is 0 Å². The lowest BCUT2D eigenvalue weighted by Gasteiger charge is -2.17. The van der Waals surface area contributed by atoms with Crippen LogP contribution in [0.25, 0.3) is 0 Å². The van der Waals surface area contributed by atoms with E-state index in [0.717, 1.165) is 22.6 Å². The maximum absolute atomic E-state index is 9.29. The van der Waals surface area contributed by atoms with Crippen LogP contribution in [0.5, 0.6) is 0 Å². The minimum absolute atomic E-state index is 0.418. The summed E-state index contributed by atoms with van der Waals surface area (Å²) in [6.45, 7) is 4.42. The molecule has 0 spiro atoms. The maximum atomic E-state index is 9.29. The van der Waals surface area contributed by atoms with Gasteiger partial charge in [0.05, 0.1) is 11.3 Å². The molecule has 0 aliphatic rings. The van der Waals surface area contributed by atoms with Crippen LogP contribution in [-0.4, -0.2) is 12.3 Å². The van der Waals surface area contributed by atoms with Crippen LogP contribution in [0.3, 0.4) is 0 Å². The molecule has 1 aromatic rings. The molecule has 1 aromatic carbocycles. The van der Waals surface area contributed by atoms with Crippen LogP contribution in [0.1, 0.15) is 51.5 Å². The van der Waals surface area contributed by atoms with Gasteiger partial charge in [-0.25, -0.2) is 0 Å². The number of rotatable bonds is 8. The van der Waals surface area contributed by atoms with E-state index in [1.807, 2.05) is 24.5 Å². The van der Waals surface area contributed by atoms with Crippen molar-refractivity contribution in [2.75, 3.05) is 11.6 Å². The molecule has 0 fully saturated rings. The first-order valence-corrected chi connectivity index (χ1v) is 8.29. The van der Waals surface area contributed by atoms with Crippen molar-refractivity contribution < 1.29 is 0 Å². The fraction of sp³-hybridized carbons (Fsp3) is 0.562. The van der Waals surface area contributed by atoms with Crippen molar-refractivity contribution >= 4 is 17.4 Å². The zero-order valence-electron chi connectivity index (χ0n) is 12.2. The second-order valence-corrected chi connectivity index (χ2v) is 5.74. The Morgan fingerprint density at radius 3 is 2.74 bits per heavy atom. The highest BCUT2D eigenvalue weighted by molar-refractivity contribution is 7.98. The highest BCUT2D eigenvalue weighted by atomic mass is 32.2. The van der Waals surface area contributed by atoms with E-state index in [1.54, 1.807) is 11.8 Å². The third-order valence-corrected chi connectivity index (χ3v) is 4.03. The molecule has 1 unspecified atom stereocenters. The predicted molar refractivity (Wildman–Crippen MR) is 84.8 cm³/mol. The smallest absolute Gasteiger partial charge is 0.102 e. The molecular formula is C16H24N2S. The summed E-state index contributed by atoms with van der Waals surface area (Å²) in [5.41, 5.74) is 1.74. The van der Waals surface area contributed by atoms with Gasteiger partial charge < -0.3 is 5.32 Å². The van der Waals surface area contributed by atoms with Crippen LogP contribution >= 0.6 is 11.8 Å². The summed E-state index contributed by atoms with van der Waals surface area (Å²) >= 11 is 1.62. The van der Waals surface area contributed by atoms with Gasteiger partial charge in [-0.05, 0) is 31.7 Å². The van der Waals surface area contributed by atoms with Crippen LogP contribution in [0.2, 0.25) is 0 Å². The predicted octanol–water partition coefficient (Wildman–Crippen LogP) is 5.05. The number of benzene rings is 1. The molecule has 1 atom stereocenters. The Bertz CT molecular complexity index is 423. The average Bonchev–Trinajstić information content (AvgIpc) is 2.43. The Balaban J connectivity index is 2.59. The SMILES string of the molecule is CCCCCCC(C)Nc1cccc(SC)c1C#N. The molecule has 0 bridgehead atoms. The second kappa shape index (κ2) is 8.87. The summed E-state index contributed by atoms with van der Waals surface area (Å²) in [6.07, 6.45) is 8.32. The lowest BCUT2D eigenvalue weighted by molar-refractivity contribution is 0.594. The summed E-state index contributed by atoms with van der Waals surface area (Å²) in [5.74, 6) is 0. The summed E-state index contributed by atoms with van der Waals surface area (Å²) in [6, 6.07) is 8.75. The van der Waals surface area contributed by atoms with Crippen molar-refractivity contribution in [2.45, 2.75) is 56.9 Å². The molecule has 0 aliphatic heterocycles. The van der Waals surface area contributed by atoms with Gasteiger partial charge in [0.2, 0.25) is 0 Å². The number of nitriles is 1. The fourth-order valence-electron chi connectivity index (χ4n) is 2.15. The Labute approximate surface area is 121 Å². The number of hydrogen-bond donors (Lipinski definition) is 1. The first-order chi connectivity index (χ1) is 9.22. The molecule has 0 amide bonds. The minimum Gasteiger partial charge on any atom is -0.381 e. The Hall–Kier alpha value is -1.14. The number of nitrogens with zero attached hydrogens (tertiary/aromatic N) is 1. The second-order valence-electron chi connectivity index (χ2n) is 4.89. The van der Waals surface area contributed by atoms with Gasteiger partial charge in [0, 0.05) is 10.9 Å². The highest BCUT2D eigenvalue weighted by Crippen LogP contribution is 2.27. The van der Waals surface area contributed by atoms with Crippen molar-refractivity contribution in [3.05, 3.63) is 23.8 Å². The van der Waals surface area contributed by atoms with Gasteiger partial charge in [-0.15, -0.1) is 11.8 Å². The number of unbranched alkanes of at least 4 members (excludes halogenated alkanes) is 3. The number of anilines is 1. The van der Waals surface area contributed by atoms with E-state index in [0.29, 0.717) is 6.04 Å². The largest absolute Gasteiger partial charge is 0.381 e.